The van der Waals surface area contributed by atoms with Crippen molar-refractivity contribution in [1.82, 2.24) is 9.88 Å². The topological polar surface area (TPSA) is 131 Å². The highest BCUT2D eigenvalue weighted by Gasteiger charge is 2.33. The van der Waals surface area contributed by atoms with Crippen LogP contribution >= 0.6 is 0 Å². The number of nitrogens with two attached hydrogens (primary N) is 2. The Morgan fingerprint density at radius 3 is 2.57 bits per heavy atom. The quantitative estimate of drug-likeness (QED) is 0.324. The van der Waals surface area contributed by atoms with E-state index < -0.39 is 12.3 Å². The minimum absolute atomic E-state index is 0.0222. The Hall–Kier alpha value is -3.69. The molecule has 0 radical (unpaired) electrons. The number of nitrogens with zero attached hydrogens (tertiary/aromatic N) is 4. The molecule has 1 aromatic rings. The van der Waals surface area contributed by atoms with Crippen LogP contribution in [-0.2, 0) is 4.74 Å². The summed E-state index contributed by atoms with van der Waals surface area (Å²) < 4.78 is 18.5. The first-order valence-electron chi connectivity index (χ1n) is 12.3. The molecule has 2 rings (SSSR count). The number of aryl methyl sites for hydroxylation is 1. The molecule has 5 N–H and O–H groups in total. The second-order valence-electron chi connectivity index (χ2n) is 10.0. The first-order chi connectivity index (χ1) is 17.4. The van der Waals surface area contributed by atoms with Gasteiger partial charge in [-0.25, -0.2) is 19.2 Å². The van der Waals surface area contributed by atoms with Gasteiger partial charge in [0.25, 0.3) is 0 Å². The lowest BCUT2D eigenvalue weighted by Crippen LogP contribution is -2.54. The van der Waals surface area contributed by atoms with Gasteiger partial charge in [0.15, 0.2) is 0 Å². The second kappa shape index (κ2) is 13.0. The Labute approximate surface area is 219 Å². The Bertz CT molecular complexity index is 1120. The molecule has 0 spiro atoms. The molecule has 0 aliphatic carbocycles. The number of alkyl halides is 1. The van der Waals surface area contributed by atoms with E-state index in [1.807, 2.05) is 47.6 Å². The number of aliphatic imine (C=N–C) groups is 2. The number of amides is 1. The van der Waals surface area contributed by atoms with Crippen LogP contribution in [0, 0.1) is 6.92 Å². The standard InChI is InChI=1S/C27H40FN7O2/c1-8-17(2)23(30)10-25(33-19(4)11-28)34-24-9-18(3)22(14-32-24)20(12-29)13-31-21-15-35(16-21)26(36)37-27(5,6)7/h9-10,12-14,21H,8,11,15-16,29-30H2,1-7H3,(H,32,34)/b20-12+,23-17-,25-10+,31-13?,33-19+. The fourth-order valence-corrected chi connectivity index (χ4v) is 3.28. The zero-order chi connectivity index (χ0) is 27.8. The smallest absolute Gasteiger partial charge is 0.410 e. The molecule has 1 aliphatic heterocycles. The summed E-state index contributed by atoms with van der Waals surface area (Å²) in [6, 6.07) is 1.83. The van der Waals surface area contributed by atoms with E-state index in [0.717, 1.165) is 23.1 Å². The van der Waals surface area contributed by atoms with Crippen molar-refractivity contribution in [1.29, 1.82) is 0 Å². The van der Waals surface area contributed by atoms with Crippen LogP contribution in [0.2, 0.25) is 0 Å². The van der Waals surface area contributed by atoms with Crippen molar-refractivity contribution >= 4 is 29.4 Å². The van der Waals surface area contributed by atoms with Gasteiger partial charge in [0, 0.05) is 60.3 Å². The third-order valence-electron chi connectivity index (χ3n) is 5.62. The summed E-state index contributed by atoms with van der Waals surface area (Å²) in [5.74, 6) is 0.931. The van der Waals surface area contributed by atoms with E-state index in [1.54, 1.807) is 30.3 Å². The molecule has 1 fully saturated rings. The lowest BCUT2D eigenvalue weighted by Gasteiger charge is -2.37. The van der Waals surface area contributed by atoms with Gasteiger partial charge in [-0.15, -0.1) is 0 Å². The molecular weight excluding hydrogens is 473 g/mol. The van der Waals surface area contributed by atoms with Crippen LogP contribution in [-0.4, -0.2) is 59.3 Å². The monoisotopic (exact) mass is 513 g/mol. The lowest BCUT2D eigenvalue weighted by molar-refractivity contribution is 0.00911. The maximum atomic E-state index is 13.1. The van der Waals surface area contributed by atoms with Crippen LogP contribution in [0.5, 0.6) is 0 Å². The molecule has 0 aromatic carbocycles. The van der Waals surface area contributed by atoms with Gasteiger partial charge < -0.3 is 26.4 Å². The van der Waals surface area contributed by atoms with Gasteiger partial charge in [0.05, 0.1) is 6.04 Å². The summed E-state index contributed by atoms with van der Waals surface area (Å²) in [7, 11) is 0. The van der Waals surface area contributed by atoms with Crippen molar-refractivity contribution in [2.45, 2.75) is 66.5 Å². The molecule has 0 saturated carbocycles. The van der Waals surface area contributed by atoms with Crippen molar-refractivity contribution < 1.29 is 13.9 Å². The number of anilines is 1. The number of rotatable bonds is 9. The molecule has 2 heterocycles. The van der Waals surface area contributed by atoms with Crippen molar-refractivity contribution in [2.24, 2.45) is 21.5 Å². The van der Waals surface area contributed by atoms with E-state index in [2.05, 4.69) is 20.3 Å². The molecule has 0 unspecified atom stereocenters. The summed E-state index contributed by atoms with van der Waals surface area (Å²) in [6.45, 7) is 13.3. The molecule has 10 heteroatoms. The van der Waals surface area contributed by atoms with Gasteiger partial charge in [-0.05, 0) is 59.6 Å². The van der Waals surface area contributed by atoms with Crippen LogP contribution in [0.25, 0.3) is 5.57 Å². The average molecular weight is 514 g/mol. The Morgan fingerprint density at radius 1 is 1.35 bits per heavy atom. The van der Waals surface area contributed by atoms with E-state index >= 15 is 0 Å². The Kier molecular flexibility index (Phi) is 10.4. The number of ether oxygens (including phenoxy) is 1. The lowest BCUT2D eigenvalue weighted by atomic mass is 10.0. The van der Waals surface area contributed by atoms with Crippen LogP contribution in [0.4, 0.5) is 15.0 Å². The van der Waals surface area contributed by atoms with Crippen LogP contribution < -0.4 is 16.8 Å². The highest BCUT2D eigenvalue weighted by atomic mass is 19.1. The van der Waals surface area contributed by atoms with E-state index in [-0.39, 0.29) is 12.1 Å². The van der Waals surface area contributed by atoms with Crippen molar-refractivity contribution in [3.8, 4) is 0 Å². The molecule has 1 aliphatic rings. The zero-order valence-electron chi connectivity index (χ0n) is 22.9. The van der Waals surface area contributed by atoms with E-state index in [9.17, 15) is 9.18 Å². The number of pyridine rings is 1. The molecule has 0 atom stereocenters. The fraction of sp³-hybridized carbons (Fsp3) is 0.481. The summed E-state index contributed by atoms with van der Waals surface area (Å²) in [6.07, 6.45) is 7.01. The third-order valence-corrected chi connectivity index (χ3v) is 5.62. The van der Waals surface area contributed by atoms with Gasteiger partial charge in [0.2, 0.25) is 0 Å². The predicted octanol–water partition coefficient (Wildman–Crippen LogP) is 4.71. The molecule has 1 saturated heterocycles. The van der Waals surface area contributed by atoms with Crippen LogP contribution in [0.15, 0.2) is 51.6 Å². The van der Waals surface area contributed by atoms with Gasteiger partial charge in [-0.1, -0.05) is 12.5 Å². The highest BCUT2D eigenvalue weighted by molar-refractivity contribution is 6.10. The highest BCUT2D eigenvalue weighted by Crippen LogP contribution is 2.22. The summed E-state index contributed by atoms with van der Waals surface area (Å²) in [4.78, 5) is 27.1. The molecule has 1 aromatic heterocycles. The van der Waals surface area contributed by atoms with Gasteiger partial charge in [-0.2, -0.15) is 0 Å². The molecule has 1 amide bonds. The average Bonchev–Trinajstić information content (AvgIpc) is 2.79. The number of likely N-dealkylation sites (tertiary alicyclic amines) is 1. The van der Waals surface area contributed by atoms with Crippen molar-refractivity contribution in [3.05, 3.63) is 52.8 Å². The normalized spacial score (nSPS) is 16.5. The SMILES string of the molecule is CC/C(C)=C(N)/C=C(\N=C(/C)CF)Nc1cc(C)c(/C(C=NC2CN(C(=O)OC(C)(C)C)C2)=C/N)cn1. The van der Waals surface area contributed by atoms with Gasteiger partial charge >= 0.3 is 6.09 Å². The summed E-state index contributed by atoms with van der Waals surface area (Å²) in [5, 5.41) is 3.13. The van der Waals surface area contributed by atoms with Crippen molar-refractivity contribution in [2.75, 3.05) is 25.1 Å². The minimum atomic E-state index is -0.665. The number of halogens is 1. The number of aromatic nitrogens is 1. The van der Waals surface area contributed by atoms with E-state index in [4.69, 9.17) is 16.2 Å². The fourth-order valence-electron chi connectivity index (χ4n) is 3.28. The molecule has 0 bridgehead atoms. The Balaban J connectivity index is 2.14. The number of hydrogen-bond acceptors (Lipinski definition) is 8. The zero-order valence-corrected chi connectivity index (χ0v) is 22.9. The maximum Gasteiger partial charge on any atom is 0.410 e. The summed E-state index contributed by atoms with van der Waals surface area (Å²) >= 11 is 0. The molecule has 202 valence electrons. The molecule has 37 heavy (non-hydrogen) atoms. The number of carbonyl (C=O) groups is 1. The number of carbonyl (C=O) groups excluding carboxylic acids is 1. The second-order valence-corrected chi connectivity index (χ2v) is 10.0. The predicted molar refractivity (Wildman–Crippen MR) is 149 cm³/mol. The van der Waals surface area contributed by atoms with Crippen LogP contribution in [0.1, 0.15) is 59.1 Å². The van der Waals surface area contributed by atoms with Gasteiger partial charge in [-0.3, -0.25) is 4.99 Å². The first kappa shape index (κ1) is 29.5. The van der Waals surface area contributed by atoms with Gasteiger partial charge in [0.1, 0.15) is 23.9 Å². The third kappa shape index (κ3) is 9.04. The van der Waals surface area contributed by atoms with E-state index in [1.165, 1.54) is 6.20 Å². The number of nitrogens with one attached hydrogen (secondary N) is 1. The number of allylic oxidation sites excluding steroid dienone is 3. The van der Waals surface area contributed by atoms with Crippen molar-refractivity contribution in [3.63, 3.8) is 0 Å². The van der Waals surface area contributed by atoms with E-state index in [0.29, 0.717) is 41.7 Å². The Morgan fingerprint density at radius 2 is 2.03 bits per heavy atom. The minimum Gasteiger partial charge on any atom is -0.444 e. The molecular formula is C27H40FN7O2. The number of hydrogen-bond donors (Lipinski definition) is 3. The summed E-state index contributed by atoms with van der Waals surface area (Å²) in [5.41, 5.74) is 15.8. The first-order valence-corrected chi connectivity index (χ1v) is 12.3. The molecule has 9 nitrogen and oxygen atoms in total. The maximum absolute atomic E-state index is 13.1. The largest absolute Gasteiger partial charge is 0.444 e. The van der Waals surface area contributed by atoms with Crippen LogP contribution in [0.3, 0.4) is 0 Å².